The van der Waals surface area contributed by atoms with Gasteiger partial charge in [-0.1, -0.05) is 0 Å². The largest absolute Gasteiger partial charge is 0.573 e. The predicted molar refractivity (Wildman–Crippen MR) is 119 cm³/mol. The molecule has 0 aromatic heterocycles. The fourth-order valence-corrected chi connectivity index (χ4v) is 6.22. The Bertz CT molecular complexity index is 1300. The van der Waals surface area contributed by atoms with Gasteiger partial charge in [-0.25, -0.2) is 0 Å². The molecule has 13 heteroatoms. The van der Waals surface area contributed by atoms with Crippen molar-refractivity contribution in [1.29, 1.82) is 0 Å². The number of nitrogens with one attached hydrogen (secondary N) is 1. The number of carbonyl (C=O) groups is 3. The molecule has 8 N–H and O–H groups in total. The number of aromatic hydroxyl groups is 1. The number of aliphatic hydroxyl groups is 2. The Kier molecular flexibility index (Phi) is 5.75. The van der Waals surface area contributed by atoms with Crippen molar-refractivity contribution in [3.8, 4) is 11.5 Å². The second-order valence-corrected chi connectivity index (χ2v) is 9.79. The number of rotatable bonds is 3. The number of primary amides is 1. The molecule has 0 saturated carbocycles. The number of benzene rings is 1. The molecule has 198 valence electrons. The van der Waals surface area contributed by atoms with Gasteiger partial charge >= 0.3 is 6.36 Å². The zero-order valence-corrected chi connectivity index (χ0v) is 19.3. The van der Waals surface area contributed by atoms with Crippen molar-refractivity contribution in [3.05, 3.63) is 45.4 Å². The number of halogens is 3. The van der Waals surface area contributed by atoms with Gasteiger partial charge in [-0.3, -0.25) is 14.4 Å². The number of carbonyl (C=O) groups excluding carboxylic acids is 3. The van der Waals surface area contributed by atoms with Gasteiger partial charge in [-0.2, -0.15) is 0 Å². The molecule has 1 aromatic carbocycles. The maximum atomic E-state index is 13.5. The molecule has 1 aliphatic heterocycles. The molecule has 1 saturated heterocycles. The van der Waals surface area contributed by atoms with Gasteiger partial charge < -0.3 is 36.8 Å². The summed E-state index contributed by atoms with van der Waals surface area (Å²) in [6.07, 6.45) is -4.22. The van der Waals surface area contributed by atoms with Crippen LogP contribution in [0.5, 0.6) is 11.5 Å². The highest BCUT2D eigenvalue weighted by Crippen LogP contribution is 2.52. The van der Waals surface area contributed by atoms with Crippen LogP contribution in [0, 0.1) is 17.8 Å². The van der Waals surface area contributed by atoms with Crippen molar-refractivity contribution in [2.45, 2.75) is 44.1 Å². The molecule has 1 amide bonds. The summed E-state index contributed by atoms with van der Waals surface area (Å²) >= 11 is 0. The van der Waals surface area contributed by atoms with E-state index >= 15 is 0 Å². The number of hydrogen-bond donors (Lipinski definition) is 6. The molecule has 1 fully saturated rings. The lowest BCUT2D eigenvalue weighted by Gasteiger charge is -2.43. The first-order valence-corrected chi connectivity index (χ1v) is 11.7. The summed E-state index contributed by atoms with van der Waals surface area (Å²) in [4.78, 5) is 38.3. The van der Waals surface area contributed by atoms with Crippen LogP contribution in [0.15, 0.2) is 28.7 Å². The fourth-order valence-electron chi connectivity index (χ4n) is 6.22. The average Bonchev–Trinajstić information content (AvgIpc) is 3.32. The Hall–Kier alpha value is -3.58. The van der Waals surface area contributed by atoms with E-state index in [9.17, 15) is 42.9 Å². The summed E-state index contributed by atoms with van der Waals surface area (Å²) in [6, 6.07) is -0.778. The number of phenols is 1. The first-order chi connectivity index (χ1) is 17.3. The maximum absolute atomic E-state index is 13.5. The van der Waals surface area contributed by atoms with Crippen molar-refractivity contribution in [2.24, 2.45) is 29.2 Å². The van der Waals surface area contributed by atoms with Gasteiger partial charge in [0.1, 0.15) is 28.6 Å². The van der Waals surface area contributed by atoms with Crippen LogP contribution in [-0.4, -0.2) is 51.7 Å². The van der Waals surface area contributed by atoms with Gasteiger partial charge in [0.15, 0.2) is 11.6 Å². The van der Waals surface area contributed by atoms with Gasteiger partial charge in [-0.05, 0) is 50.1 Å². The third kappa shape index (κ3) is 3.84. The summed E-state index contributed by atoms with van der Waals surface area (Å²) in [6.45, 7) is 0.551. The van der Waals surface area contributed by atoms with Gasteiger partial charge in [-0.15, -0.1) is 13.2 Å². The number of alkyl halides is 3. The lowest BCUT2D eigenvalue weighted by Crippen LogP contribution is -2.52. The Balaban J connectivity index is 1.67. The molecule has 0 radical (unpaired) electrons. The SMILES string of the molecule is NC(=O)C1=C(O)[C@@H](N)[C@@H]2C[C@@H]3Cc4c(OC(F)(F)F)c(C5CCCN5)cc(O)c4C(=O)C3=C(O)[C@@H]2C1=O. The average molecular weight is 523 g/mol. The van der Waals surface area contributed by atoms with Crippen LogP contribution in [0.2, 0.25) is 0 Å². The zero-order valence-electron chi connectivity index (χ0n) is 19.3. The number of phenolic OH excluding ortho intramolecular Hbond substituents is 1. The van der Waals surface area contributed by atoms with E-state index in [1.807, 2.05) is 0 Å². The van der Waals surface area contributed by atoms with E-state index < -0.39 is 87.8 Å². The highest BCUT2D eigenvalue weighted by Gasteiger charge is 2.53. The van der Waals surface area contributed by atoms with Crippen LogP contribution >= 0.6 is 0 Å². The molecule has 0 bridgehead atoms. The molecular formula is C24H24F3N3O7. The molecule has 1 unspecified atom stereocenters. The number of ketones is 2. The number of allylic oxidation sites excluding steroid dienone is 2. The number of fused-ring (bicyclic) bond motifs is 3. The van der Waals surface area contributed by atoms with E-state index in [2.05, 4.69) is 10.1 Å². The van der Waals surface area contributed by atoms with E-state index in [0.29, 0.717) is 19.4 Å². The van der Waals surface area contributed by atoms with Crippen LogP contribution in [0.3, 0.4) is 0 Å². The van der Waals surface area contributed by atoms with Gasteiger partial charge in [0.05, 0.1) is 17.5 Å². The number of Topliss-reactive ketones (excluding diaryl/α,β-unsaturated/α-hetero) is 2. The van der Waals surface area contributed by atoms with Crippen molar-refractivity contribution in [2.75, 3.05) is 6.54 Å². The normalized spacial score (nSPS) is 29.7. The minimum absolute atomic E-state index is 0.0560. The van der Waals surface area contributed by atoms with Crippen molar-refractivity contribution in [3.63, 3.8) is 0 Å². The third-order valence-electron chi connectivity index (χ3n) is 7.73. The van der Waals surface area contributed by atoms with Crippen molar-refractivity contribution in [1.82, 2.24) is 5.32 Å². The fraction of sp³-hybridized carbons (Fsp3) is 0.458. The summed E-state index contributed by atoms with van der Waals surface area (Å²) in [5.41, 5.74) is 9.67. The zero-order chi connectivity index (χ0) is 27.0. The molecule has 0 spiro atoms. The Morgan fingerprint density at radius 1 is 1.16 bits per heavy atom. The van der Waals surface area contributed by atoms with E-state index in [-0.39, 0.29) is 29.5 Å². The Morgan fingerprint density at radius 2 is 1.86 bits per heavy atom. The standard InChI is InChI=1S/C24H24F3N3O7/c25-24(26,27)37-22-8(11-2-1-3-30-11)6-12(31)14-10(22)5-7-4-9-15(19(33)13(7)18(14)32)20(34)16(23(29)36)21(35)17(9)28/h6-7,9,11,15,17,30-31,33,35H,1-5,28H2,(H2,29,36)/t7-,9-,11?,15-,17+/m1/s1. The van der Waals surface area contributed by atoms with Crippen molar-refractivity contribution >= 4 is 17.5 Å². The number of hydrogen-bond acceptors (Lipinski definition) is 9. The van der Waals surface area contributed by atoms with Gasteiger partial charge in [0, 0.05) is 22.7 Å². The highest BCUT2D eigenvalue weighted by atomic mass is 19.4. The number of amides is 1. The summed E-state index contributed by atoms with van der Waals surface area (Å²) in [5, 5.41) is 35.2. The molecule has 10 nitrogen and oxygen atoms in total. The quantitative estimate of drug-likeness (QED) is 0.321. The molecule has 4 aliphatic rings. The lowest BCUT2D eigenvalue weighted by atomic mass is 9.61. The first kappa shape index (κ1) is 25.1. The lowest BCUT2D eigenvalue weighted by molar-refractivity contribution is -0.275. The molecule has 1 aromatic rings. The molecule has 5 atom stereocenters. The van der Waals surface area contributed by atoms with Crippen molar-refractivity contribution < 1.29 is 47.6 Å². The summed E-state index contributed by atoms with van der Waals surface area (Å²) in [7, 11) is 0. The number of nitrogens with two attached hydrogens (primary N) is 2. The van der Waals surface area contributed by atoms with E-state index in [1.54, 1.807) is 0 Å². The van der Waals surface area contributed by atoms with E-state index in [1.165, 1.54) is 0 Å². The number of ether oxygens (including phenoxy) is 1. The van der Waals surface area contributed by atoms with Crippen LogP contribution in [0.1, 0.15) is 46.8 Å². The van der Waals surface area contributed by atoms with Crippen LogP contribution in [0.25, 0.3) is 0 Å². The molecule has 5 rings (SSSR count). The Labute approximate surface area is 207 Å². The van der Waals surface area contributed by atoms with Gasteiger partial charge in [0.25, 0.3) is 5.91 Å². The van der Waals surface area contributed by atoms with E-state index in [4.69, 9.17) is 11.5 Å². The second-order valence-electron chi connectivity index (χ2n) is 9.79. The molecular weight excluding hydrogens is 499 g/mol. The van der Waals surface area contributed by atoms with Crippen LogP contribution in [0.4, 0.5) is 13.2 Å². The second kappa shape index (κ2) is 8.48. The minimum Gasteiger partial charge on any atom is -0.511 e. The molecule has 3 aliphatic carbocycles. The van der Waals surface area contributed by atoms with Gasteiger partial charge in [0.2, 0.25) is 0 Å². The first-order valence-electron chi connectivity index (χ1n) is 11.7. The Morgan fingerprint density at radius 3 is 2.46 bits per heavy atom. The smallest absolute Gasteiger partial charge is 0.511 e. The topological polar surface area (TPSA) is 185 Å². The highest BCUT2D eigenvalue weighted by molar-refractivity contribution is 6.22. The van der Waals surface area contributed by atoms with Crippen LogP contribution in [-0.2, 0) is 16.0 Å². The summed E-state index contributed by atoms with van der Waals surface area (Å²) < 4.78 is 44.8. The maximum Gasteiger partial charge on any atom is 0.573 e. The third-order valence-corrected chi connectivity index (χ3v) is 7.73. The van der Waals surface area contributed by atoms with Crippen LogP contribution < -0.4 is 21.5 Å². The monoisotopic (exact) mass is 523 g/mol. The van der Waals surface area contributed by atoms with E-state index in [0.717, 1.165) is 6.07 Å². The molecule has 37 heavy (non-hydrogen) atoms. The molecule has 1 heterocycles. The minimum atomic E-state index is -5.09. The summed E-state index contributed by atoms with van der Waals surface area (Å²) in [5.74, 6) is -9.16. The predicted octanol–water partition coefficient (Wildman–Crippen LogP) is 1.73. The number of aliphatic hydroxyl groups excluding tert-OH is 2.